The van der Waals surface area contributed by atoms with Crippen LogP contribution < -0.4 is 5.43 Å². The number of hydrazone groups is 1. The van der Waals surface area contributed by atoms with E-state index in [0.29, 0.717) is 40.6 Å². The number of ether oxygens (including phenoxy) is 1. The summed E-state index contributed by atoms with van der Waals surface area (Å²) in [4.78, 5) is 0. The van der Waals surface area contributed by atoms with Crippen molar-refractivity contribution in [2.75, 3.05) is 0 Å². The van der Waals surface area contributed by atoms with Gasteiger partial charge >= 0.3 is 0 Å². The number of nitrogens with one attached hydrogen (secondary N) is 1. The molecule has 0 radical (unpaired) electrons. The topological polar surface area (TPSA) is 111 Å². The Hall–Kier alpha value is -5.57. The van der Waals surface area contributed by atoms with Crippen LogP contribution in [-0.2, 0) is 15.6 Å². The van der Waals surface area contributed by atoms with Crippen molar-refractivity contribution in [1.82, 2.24) is 25.8 Å². The lowest BCUT2D eigenvalue weighted by atomic mass is 9.87. The molecule has 0 saturated heterocycles. The first-order valence-electron chi connectivity index (χ1n) is 16.0. The first-order valence-corrected chi connectivity index (χ1v) is 16.0. The van der Waals surface area contributed by atoms with Gasteiger partial charge in [-0.2, -0.15) is 0 Å². The van der Waals surface area contributed by atoms with Crippen LogP contribution >= 0.6 is 0 Å². The van der Waals surface area contributed by atoms with E-state index in [4.69, 9.17) is 13.6 Å². The molecule has 4 aromatic carbocycles. The first-order chi connectivity index (χ1) is 22.9. The molecular formula is C39H38N6O3. The number of nitrogens with zero attached hydrogens (tertiary/aromatic N) is 5. The molecule has 2 aromatic heterocycles. The lowest BCUT2D eigenvalue weighted by Crippen LogP contribution is -2.13. The lowest BCUT2D eigenvalue weighted by Gasteiger charge is -2.19. The number of rotatable bonds is 6. The number of aromatic nitrogens is 4. The van der Waals surface area contributed by atoms with Crippen LogP contribution in [0.3, 0.4) is 0 Å². The van der Waals surface area contributed by atoms with Crippen molar-refractivity contribution in [3.63, 3.8) is 0 Å². The second kappa shape index (κ2) is 11.9. The zero-order chi connectivity index (χ0) is 33.6. The standard InChI is InChI=1S/C39H38N6O3/c1-23-8-10-24(11-9-23)32-40-43-35(46-32)27-20-28(36-44-41-33(47-36)25-12-16-30(17-13-25)38(2,3)4)22-29(21-27)37-45-42-34(48-37)26-14-18-31(19-15-26)39(5,6)7/h8-22,36,44H,1-7H3. The van der Waals surface area contributed by atoms with Gasteiger partial charge in [-0.15, -0.1) is 25.5 Å². The van der Waals surface area contributed by atoms with E-state index in [-0.39, 0.29) is 10.8 Å². The zero-order valence-electron chi connectivity index (χ0n) is 28.2. The Balaban J connectivity index is 1.22. The van der Waals surface area contributed by atoms with Crippen LogP contribution in [0, 0.1) is 6.92 Å². The lowest BCUT2D eigenvalue weighted by molar-refractivity contribution is 0.192. The highest BCUT2D eigenvalue weighted by Crippen LogP contribution is 2.35. The van der Waals surface area contributed by atoms with E-state index in [2.05, 4.69) is 96.7 Å². The normalized spacial score (nSPS) is 14.8. The van der Waals surface area contributed by atoms with Gasteiger partial charge < -0.3 is 13.6 Å². The molecule has 9 heteroatoms. The predicted molar refractivity (Wildman–Crippen MR) is 186 cm³/mol. The van der Waals surface area contributed by atoms with E-state index in [9.17, 15) is 0 Å². The molecule has 1 unspecified atom stereocenters. The van der Waals surface area contributed by atoms with Crippen molar-refractivity contribution >= 4 is 5.90 Å². The molecule has 242 valence electrons. The molecule has 1 N–H and O–H groups in total. The summed E-state index contributed by atoms with van der Waals surface area (Å²) in [6.07, 6.45) is -0.576. The summed E-state index contributed by atoms with van der Waals surface area (Å²) in [5, 5.41) is 22.0. The maximum Gasteiger partial charge on any atom is 0.248 e. The zero-order valence-corrected chi connectivity index (χ0v) is 28.2. The molecule has 9 nitrogen and oxygen atoms in total. The Bertz CT molecular complexity index is 2100. The highest BCUT2D eigenvalue weighted by Gasteiger charge is 2.26. The molecule has 0 fully saturated rings. The van der Waals surface area contributed by atoms with Crippen molar-refractivity contribution in [2.45, 2.75) is 65.5 Å². The number of aryl methyl sites for hydroxylation is 1. The molecule has 0 aliphatic carbocycles. The van der Waals surface area contributed by atoms with Crippen LogP contribution in [0.1, 0.15) is 75.6 Å². The number of hydrogen-bond donors (Lipinski definition) is 1. The molecule has 1 aliphatic heterocycles. The minimum absolute atomic E-state index is 0.0409. The third-order valence-electron chi connectivity index (χ3n) is 8.41. The summed E-state index contributed by atoms with van der Waals surface area (Å²) < 4.78 is 18.7. The van der Waals surface area contributed by atoms with E-state index in [1.807, 2.05) is 73.7 Å². The Morgan fingerprint density at radius 1 is 0.521 bits per heavy atom. The van der Waals surface area contributed by atoms with Gasteiger partial charge in [0.05, 0.1) is 0 Å². The van der Waals surface area contributed by atoms with Crippen molar-refractivity contribution < 1.29 is 13.6 Å². The molecule has 0 bridgehead atoms. The van der Waals surface area contributed by atoms with Gasteiger partial charge in [0.15, 0.2) is 0 Å². The van der Waals surface area contributed by atoms with Crippen LogP contribution in [0.2, 0.25) is 0 Å². The molecule has 1 atom stereocenters. The van der Waals surface area contributed by atoms with E-state index in [1.54, 1.807) is 0 Å². The van der Waals surface area contributed by atoms with Gasteiger partial charge in [-0.25, -0.2) is 0 Å². The summed E-state index contributed by atoms with van der Waals surface area (Å²) in [6, 6.07) is 30.2. The largest absolute Gasteiger partial charge is 0.446 e. The van der Waals surface area contributed by atoms with Gasteiger partial charge in [0, 0.05) is 33.4 Å². The quantitative estimate of drug-likeness (QED) is 0.192. The molecule has 1 aliphatic rings. The molecule has 7 rings (SSSR count). The molecule has 0 saturated carbocycles. The van der Waals surface area contributed by atoms with Crippen molar-refractivity contribution in [3.05, 3.63) is 119 Å². The van der Waals surface area contributed by atoms with Crippen LogP contribution in [0.5, 0.6) is 0 Å². The highest BCUT2D eigenvalue weighted by atomic mass is 16.5. The second-order valence-electron chi connectivity index (χ2n) is 14.2. The van der Waals surface area contributed by atoms with Crippen molar-refractivity contribution in [2.24, 2.45) is 5.10 Å². The third-order valence-corrected chi connectivity index (χ3v) is 8.41. The van der Waals surface area contributed by atoms with E-state index in [0.717, 1.165) is 27.8 Å². The molecule has 6 aromatic rings. The Labute approximate surface area is 280 Å². The molecule has 48 heavy (non-hydrogen) atoms. The molecule has 0 spiro atoms. The minimum atomic E-state index is -0.576. The van der Waals surface area contributed by atoms with Crippen LogP contribution in [-0.4, -0.2) is 26.3 Å². The molecule has 3 heterocycles. The van der Waals surface area contributed by atoms with Gasteiger partial charge in [0.1, 0.15) is 0 Å². The fourth-order valence-corrected chi connectivity index (χ4v) is 5.44. The summed E-state index contributed by atoms with van der Waals surface area (Å²) in [5.74, 6) is 2.06. The second-order valence-corrected chi connectivity index (χ2v) is 14.2. The summed E-state index contributed by atoms with van der Waals surface area (Å²) in [6.45, 7) is 15.2. The fourth-order valence-electron chi connectivity index (χ4n) is 5.44. The third kappa shape index (κ3) is 6.36. The van der Waals surface area contributed by atoms with Crippen LogP contribution in [0.15, 0.2) is 105 Å². The number of benzene rings is 4. The maximum atomic E-state index is 6.35. The maximum absolute atomic E-state index is 6.35. The predicted octanol–water partition coefficient (Wildman–Crippen LogP) is 9.00. The average Bonchev–Trinajstić information content (AvgIpc) is 3.86. The minimum Gasteiger partial charge on any atom is -0.446 e. The van der Waals surface area contributed by atoms with Crippen molar-refractivity contribution in [1.29, 1.82) is 0 Å². The van der Waals surface area contributed by atoms with E-state index in [1.165, 1.54) is 11.1 Å². The summed E-state index contributed by atoms with van der Waals surface area (Å²) in [7, 11) is 0. The SMILES string of the molecule is Cc1ccc(-c2nnc(-c3cc(-c4nnc(-c5ccc(C(C)(C)C)cc5)o4)cc(C4NN=C(c5ccc(C(C)(C)C)cc5)O4)c3)o2)cc1. The molecule has 0 amide bonds. The first kappa shape index (κ1) is 31.1. The smallest absolute Gasteiger partial charge is 0.248 e. The monoisotopic (exact) mass is 638 g/mol. The van der Waals surface area contributed by atoms with Gasteiger partial charge in [-0.3, -0.25) is 5.43 Å². The Kier molecular flexibility index (Phi) is 7.70. The van der Waals surface area contributed by atoms with Gasteiger partial charge in [0.25, 0.3) is 0 Å². The van der Waals surface area contributed by atoms with Gasteiger partial charge in [0.2, 0.25) is 35.7 Å². The van der Waals surface area contributed by atoms with Gasteiger partial charge in [-0.05, 0) is 83.5 Å². The Morgan fingerprint density at radius 2 is 0.938 bits per heavy atom. The van der Waals surface area contributed by atoms with Crippen molar-refractivity contribution in [3.8, 4) is 45.8 Å². The highest BCUT2D eigenvalue weighted by molar-refractivity contribution is 5.95. The fraction of sp³-hybridized carbons (Fsp3) is 0.256. The summed E-state index contributed by atoms with van der Waals surface area (Å²) >= 11 is 0. The molecular weight excluding hydrogens is 600 g/mol. The Morgan fingerprint density at radius 3 is 1.40 bits per heavy atom. The van der Waals surface area contributed by atoms with Crippen LogP contribution in [0.4, 0.5) is 0 Å². The van der Waals surface area contributed by atoms with Crippen LogP contribution in [0.25, 0.3) is 45.8 Å². The number of hydrogen-bond acceptors (Lipinski definition) is 9. The average molecular weight is 639 g/mol. The summed E-state index contributed by atoms with van der Waals surface area (Å²) in [5.41, 5.74) is 11.5. The van der Waals surface area contributed by atoms with Gasteiger partial charge in [-0.1, -0.05) is 83.5 Å². The van der Waals surface area contributed by atoms with E-state index >= 15 is 0 Å². The van der Waals surface area contributed by atoms with E-state index < -0.39 is 6.23 Å².